The SMILES string of the molecule is C=CCNS(=O)(=O)Cc1ccc(NC(=O)c2ccc(S(=O)(=O)NC3CC3)cc2)cc1. The first-order chi connectivity index (χ1) is 14.2. The minimum atomic E-state index is -3.57. The van der Waals surface area contributed by atoms with Crippen LogP contribution in [0.1, 0.15) is 28.8 Å². The van der Waals surface area contributed by atoms with Crippen LogP contribution in [-0.4, -0.2) is 35.3 Å². The van der Waals surface area contributed by atoms with Gasteiger partial charge in [-0.2, -0.15) is 0 Å². The standard InChI is InChI=1S/C20H23N3O5S2/c1-2-13-21-29(25,26)14-15-3-7-17(8-4-15)22-20(24)16-5-11-19(12-6-16)30(27,28)23-18-9-10-18/h2-8,11-12,18,21,23H,1,9-10,13-14H2,(H,22,24). The number of hydrogen-bond acceptors (Lipinski definition) is 5. The highest BCUT2D eigenvalue weighted by atomic mass is 32.2. The highest BCUT2D eigenvalue weighted by Gasteiger charge is 2.28. The average molecular weight is 450 g/mol. The fourth-order valence-electron chi connectivity index (χ4n) is 2.62. The third-order valence-corrected chi connectivity index (χ3v) is 7.20. The van der Waals surface area contributed by atoms with Crippen molar-refractivity contribution in [2.75, 3.05) is 11.9 Å². The number of sulfonamides is 2. The van der Waals surface area contributed by atoms with Crippen molar-refractivity contribution in [1.29, 1.82) is 0 Å². The van der Waals surface area contributed by atoms with Gasteiger partial charge in [0.2, 0.25) is 20.0 Å². The van der Waals surface area contributed by atoms with E-state index in [1.807, 2.05) is 0 Å². The summed E-state index contributed by atoms with van der Waals surface area (Å²) in [7, 11) is -7.02. The van der Waals surface area contributed by atoms with Crippen LogP contribution < -0.4 is 14.8 Å². The number of carbonyl (C=O) groups is 1. The van der Waals surface area contributed by atoms with Crippen molar-refractivity contribution in [3.63, 3.8) is 0 Å². The number of carbonyl (C=O) groups excluding carboxylic acids is 1. The molecule has 3 rings (SSSR count). The van der Waals surface area contributed by atoms with Crippen LogP contribution in [0.4, 0.5) is 5.69 Å². The molecule has 160 valence electrons. The summed E-state index contributed by atoms with van der Waals surface area (Å²) >= 11 is 0. The molecule has 0 aliphatic heterocycles. The zero-order valence-corrected chi connectivity index (χ0v) is 17.8. The monoisotopic (exact) mass is 449 g/mol. The van der Waals surface area contributed by atoms with E-state index in [9.17, 15) is 21.6 Å². The van der Waals surface area contributed by atoms with Gasteiger partial charge >= 0.3 is 0 Å². The minimum Gasteiger partial charge on any atom is -0.322 e. The van der Waals surface area contributed by atoms with Gasteiger partial charge in [0.05, 0.1) is 10.6 Å². The van der Waals surface area contributed by atoms with E-state index in [1.54, 1.807) is 24.3 Å². The molecule has 0 atom stereocenters. The van der Waals surface area contributed by atoms with E-state index < -0.39 is 26.0 Å². The zero-order chi connectivity index (χ0) is 21.8. The van der Waals surface area contributed by atoms with Gasteiger partial charge in [-0.15, -0.1) is 6.58 Å². The smallest absolute Gasteiger partial charge is 0.255 e. The van der Waals surface area contributed by atoms with Crippen molar-refractivity contribution in [3.8, 4) is 0 Å². The van der Waals surface area contributed by atoms with E-state index in [-0.39, 0.29) is 23.2 Å². The van der Waals surface area contributed by atoms with Crippen LogP contribution in [0.3, 0.4) is 0 Å². The molecule has 8 nitrogen and oxygen atoms in total. The third-order valence-electron chi connectivity index (χ3n) is 4.34. The molecule has 0 radical (unpaired) electrons. The number of hydrogen-bond donors (Lipinski definition) is 3. The second kappa shape index (κ2) is 9.09. The molecule has 1 fully saturated rings. The van der Waals surface area contributed by atoms with Crippen molar-refractivity contribution in [2.24, 2.45) is 0 Å². The van der Waals surface area contributed by atoms with Crippen LogP contribution in [0.5, 0.6) is 0 Å². The van der Waals surface area contributed by atoms with Crippen molar-refractivity contribution < 1.29 is 21.6 Å². The van der Waals surface area contributed by atoms with E-state index in [2.05, 4.69) is 21.3 Å². The molecule has 3 N–H and O–H groups in total. The average Bonchev–Trinajstić information content (AvgIpc) is 3.51. The van der Waals surface area contributed by atoms with Crippen LogP contribution in [0.2, 0.25) is 0 Å². The number of anilines is 1. The van der Waals surface area contributed by atoms with E-state index in [0.717, 1.165) is 12.8 Å². The molecule has 1 aliphatic rings. The first-order valence-electron chi connectivity index (χ1n) is 9.29. The fraction of sp³-hybridized carbons (Fsp3) is 0.250. The number of rotatable bonds is 10. The Bertz CT molecular complexity index is 1120. The Morgan fingerprint density at radius 1 is 1.00 bits per heavy atom. The second-order valence-corrected chi connectivity index (χ2v) is 10.5. The largest absolute Gasteiger partial charge is 0.322 e. The summed E-state index contributed by atoms with van der Waals surface area (Å²) in [6.45, 7) is 3.63. The highest BCUT2D eigenvalue weighted by Crippen LogP contribution is 2.22. The Labute approximate surface area is 176 Å². The van der Waals surface area contributed by atoms with Crippen molar-refractivity contribution >= 4 is 31.6 Å². The van der Waals surface area contributed by atoms with E-state index in [1.165, 1.54) is 30.3 Å². The summed E-state index contributed by atoms with van der Waals surface area (Å²) in [4.78, 5) is 12.5. The molecule has 2 aromatic carbocycles. The molecule has 0 bridgehead atoms. The molecule has 2 aromatic rings. The van der Waals surface area contributed by atoms with E-state index in [0.29, 0.717) is 16.8 Å². The number of nitrogens with one attached hydrogen (secondary N) is 3. The molecular formula is C20H23N3O5S2. The molecule has 1 amide bonds. The first-order valence-corrected chi connectivity index (χ1v) is 12.4. The molecule has 0 aromatic heterocycles. The van der Waals surface area contributed by atoms with Gasteiger partial charge in [-0.05, 0) is 54.8 Å². The van der Waals surface area contributed by atoms with Crippen molar-refractivity contribution in [3.05, 3.63) is 72.3 Å². The zero-order valence-electron chi connectivity index (χ0n) is 16.2. The van der Waals surface area contributed by atoms with Crippen LogP contribution in [0.25, 0.3) is 0 Å². The molecule has 1 saturated carbocycles. The Kier molecular flexibility index (Phi) is 6.71. The summed E-state index contributed by atoms with van der Waals surface area (Å²) in [5, 5.41) is 2.70. The Balaban J connectivity index is 1.61. The lowest BCUT2D eigenvalue weighted by atomic mass is 10.2. The van der Waals surface area contributed by atoms with Gasteiger partial charge in [0.1, 0.15) is 0 Å². The third kappa shape index (κ3) is 6.23. The maximum atomic E-state index is 12.4. The van der Waals surface area contributed by atoms with Gasteiger partial charge < -0.3 is 5.32 Å². The normalized spacial score (nSPS) is 14.3. The van der Waals surface area contributed by atoms with Gasteiger partial charge in [0.25, 0.3) is 5.91 Å². The Morgan fingerprint density at radius 3 is 2.20 bits per heavy atom. The van der Waals surface area contributed by atoms with E-state index in [4.69, 9.17) is 0 Å². The second-order valence-electron chi connectivity index (χ2n) is 6.97. The molecule has 0 spiro atoms. The molecule has 0 saturated heterocycles. The van der Waals surface area contributed by atoms with Gasteiger partial charge in [-0.25, -0.2) is 26.3 Å². The summed E-state index contributed by atoms with van der Waals surface area (Å²) in [6.07, 6.45) is 3.15. The van der Waals surface area contributed by atoms with Crippen molar-refractivity contribution in [2.45, 2.75) is 29.5 Å². The summed E-state index contributed by atoms with van der Waals surface area (Å²) in [5.41, 5.74) is 1.37. The van der Waals surface area contributed by atoms with Crippen LogP contribution in [0.15, 0.2) is 66.1 Å². The van der Waals surface area contributed by atoms with Crippen LogP contribution in [-0.2, 0) is 25.8 Å². The lowest BCUT2D eigenvalue weighted by Gasteiger charge is -2.09. The molecule has 30 heavy (non-hydrogen) atoms. The van der Waals surface area contributed by atoms with Gasteiger partial charge in [-0.1, -0.05) is 18.2 Å². The molecule has 0 unspecified atom stereocenters. The van der Waals surface area contributed by atoms with E-state index >= 15 is 0 Å². The maximum absolute atomic E-state index is 12.4. The van der Waals surface area contributed by atoms with Gasteiger partial charge in [-0.3, -0.25) is 4.79 Å². The lowest BCUT2D eigenvalue weighted by molar-refractivity contribution is 0.102. The molecule has 1 aliphatic carbocycles. The van der Waals surface area contributed by atoms with Crippen molar-refractivity contribution in [1.82, 2.24) is 9.44 Å². The Hall–Kier alpha value is -2.53. The lowest BCUT2D eigenvalue weighted by Crippen LogP contribution is -2.25. The van der Waals surface area contributed by atoms with Gasteiger partial charge in [0, 0.05) is 23.8 Å². The maximum Gasteiger partial charge on any atom is 0.255 e. The van der Waals surface area contributed by atoms with Gasteiger partial charge in [0.15, 0.2) is 0 Å². The van der Waals surface area contributed by atoms with Crippen LogP contribution in [0, 0.1) is 0 Å². The highest BCUT2D eigenvalue weighted by molar-refractivity contribution is 7.89. The summed E-state index contributed by atoms with van der Waals surface area (Å²) in [5.74, 6) is -0.581. The molecular weight excluding hydrogens is 426 g/mol. The summed E-state index contributed by atoms with van der Waals surface area (Å²) in [6, 6.07) is 12.1. The predicted octanol–water partition coefficient (Wildman–Crippen LogP) is 1.98. The predicted molar refractivity (Wildman–Crippen MR) is 115 cm³/mol. The molecule has 0 heterocycles. The first kappa shape index (κ1) is 22.2. The summed E-state index contributed by atoms with van der Waals surface area (Å²) < 4.78 is 53.1. The fourth-order valence-corrected chi connectivity index (χ4v) is 5.03. The molecule has 10 heteroatoms. The Morgan fingerprint density at radius 2 is 1.63 bits per heavy atom. The topological polar surface area (TPSA) is 121 Å². The number of amides is 1. The number of benzene rings is 2. The van der Waals surface area contributed by atoms with Crippen LogP contribution >= 0.6 is 0 Å². The quantitative estimate of drug-likeness (QED) is 0.479. The minimum absolute atomic E-state index is 0.00806.